The molecule has 0 saturated carbocycles. The molecule has 0 spiro atoms. The lowest BCUT2D eigenvalue weighted by atomic mass is 10.2. The normalized spacial score (nSPS) is 12.8. The van der Waals surface area contributed by atoms with Gasteiger partial charge in [-0.15, -0.1) is 0 Å². The summed E-state index contributed by atoms with van der Waals surface area (Å²) in [5.41, 5.74) is 1.19. The predicted octanol–water partition coefficient (Wildman–Crippen LogP) is 4.09. The second kappa shape index (κ2) is 7.27. The highest BCUT2D eigenvalue weighted by Gasteiger charge is 2.16. The van der Waals surface area contributed by atoms with Crippen LogP contribution in [0, 0.1) is 0 Å². The van der Waals surface area contributed by atoms with Gasteiger partial charge in [0, 0.05) is 22.6 Å². The Hall–Kier alpha value is -0.810. The first-order valence-corrected chi connectivity index (χ1v) is 7.59. The number of hydrogen-bond acceptors (Lipinski definition) is 3. The second-order valence-electron chi connectivity index (χ2n) is 4.86. The Morgan fingerprint density at radius 1 is 1.35 bits per heavy atom. The second-order valence-corrected chi connectivity index (χ2v) is 6.15. The molecule has 2 aromatic rings. The quantitative estimate of drug-likeness (QED) is 0.844. The average molecular weight is 358 g/mol. The highest BCUT2D eigenvalue weighted by Crippen LogP contribution is 2.22. The molecule has 0 bridgehead atoms. The van der Waals surface area contributed by atoms with Crippen molar-refractivity contribution in [1.29, 1.82) is 0 Å². The van der Waals surface area contributed by atoms with E-state index in [1.54, 1.807) is 6.26 Å². The van der Waals surface area contributed by atoms with Crippen molar-refractivity contribution in [2.45, 2.75) is 12.6 Å². The summed E-state index contributed by atoms with van der Waals surface area (Å²) < 4.78 is 6.52. The van der Waals surface area contributed by atoms with Crippen molar-refractivity contribution in [2.75, 3.05) is 20.6 Å². The average Bonchev–Trinajstić information content (AvgIpc) is 2.90. The molecule has 2 rings (SSSR count). The molecule has 0 radical (unpaired) electrons. The monoisotopic (exact) mass is 356 g/mol. The number of nitrogens with zero attached hydrogens (tertiary/aromatic N) is 1. The van der Waals surface area contributed by atoms with Crippen molar-refractivity contribution in [3.8, 4) is 0 Å². The van der Waals surface area contributed by atoms with Crippen LogP contribution >= 0.6 is 27.5 Å². The van der Waals surface area contributed by atoms with Crippen LogP contribution in [0.4, 0.5) is 0 Å². The van der Waals surface area contributed by atoms with Crippen LogP contribution in [0.1, 0.15) is 17.4 Å². The van der Waals surface area contributed by atoms with Crippen molar-refractivity contribution in [2.24, 2.45) is 0 Å². The first kappa shape index (κ1) is 15.6. The lowest BCUT2D eigenvalue weighted by Gasteiger charge is -2.22. The Labute approximate surface area is 133 Å². The minimum atomic E-state index is 0.219. The van der Waals surface area contributed by atoms with Crippen molar-refractivity contribution >= 4 is 27.5 Å². The molecule has 0 aliphatic carbocycles. The summed E-state index contributed by atoms with van der Waals surface area (Å²) in [5, 5.41) is 4.20. The van der Waals surface area contributed by atoms with Gasteiger partial charge in [-0.1, -0.05) is 33.6 Å². The zero-order valence-corrected chi connectivity index (χ0v) is 13.9. The molecule has 0 amide bonds. The number of benzene rings is 1. The number of nitrogens with one attached hydrogen (secondary N) is 1. The Morgan fingerprint density at radius 3 is 2.75 bits per heavy atom. The standard InChI is InChI=1S/C15H18BrClN2O/c1-19(2)14(15-4-3-7-20-15)10-18-9-11-5-6-12(17)8-13(11)16/h3-8,14,18H,9-10H2,1-2H3. The summed E-state index contributed by atoms with van der Waals surface area (Å²) in [5.74, 6) is 0.970. The van der Waals surface area contributed by atoms with Gasteiger partial charge in [0.2, 0.25) is 0 Å². The minimum Gasteiger partial charge on any atom is -0.468 e. The van der Waals surface area contributed by atoms with Gasteiger partial charge in [0.05, 0.1) is 12.3 Å². The lowest BCUT2D eigenvalue weighted by Crippen LogP contribution is -2.30. The molecular weight excluding hydrogens is 340 g/mol. The fourth-order valence-electron chi connectivity index (χ4n) is 2.03. The third kappa shape index (κ3) is 4.09. The van der Waals surface area contributed by atoms with Gasteiger partial charge < -0.3 is 9.73 Å². The van der Waals surface area contributed by atoms with E-state index in [9.17, 15) is 0 Å². The molecule has 1 aromatic carbocycles. The molecule has 0 aliphatic rings. The Bertz CT molecular complexity index is 543. The molecular formula is C15H18BrClN2O. The van der Waals surface area contributed by atoms with E-state index < -0.39 is 0 Å². The molecule has 1 unspecified atom stereocenters. The zero-order valence-electron chi connectivity index (χ0n) is 11.6. The summed E-state index contributed by atoms with van der Waals surface area (Å²) in [6.07, 6.45) is 1.71. The third-order valence-corrected chi connectivity index (χ3v) is 4.14. The Morgan fingerprint density at radius 2 is 2.15 bits per heavy atom. The van der Waals surface area contributed by atoms with Crippen LogP contribution in [0.5, 0.6) is 0 Å². The first-order valence-electron chi connectivity index (χ1n) is 6.42. The smallest absolute Gasteiger partial charge is 0.122 e. The van der Waals surface area contributed by atoms with Gasteiger partial charge in [-0.25, -0.2) is 0 Å². The number of furan rings is 1. The van der Waals surface area contributed by atoms with Crippen LogP contribution in [0.15, 0.2) is 45.5 Å². The zero-order chi connectivity index (χ0) is 14.5. The van der Waals surface area contributed by atoms with Gasteiger partial charge >= 0.3 is 0 Å². The van der Waals surface area contributed by atoms with Crippen molar-refractivity contribution in [1.82, 2.24) is 10.2 Å². The maximum absolute atomic E-state index is 5.94. The predicted molar refractivity (Wildman–Crippen MR) is 86.0 cm³/mol. The van der Waals surface area contributed by atoms with Crippen molar-refractivity contribution in [3.05, 3.63) is 57.4 Å². The summed E-state index contributed by atoms with van der Waals surface area (Å²) in [6, 6.07) is 9.98. The van der Waals surface area contributed by atoms with Gasteiger partial charge in [0.25, 0.3) is 0 Å². The first-order chi connectivity index (χ1) is 9.58. The maximum Gasteiger partial charge on any atom is 0.122 e. The fourth-order valence-corrected chi connectivity index (χ4v) is 2.85. The molecule has 5 heteroatoms. The molecule has 20 heavy (non-hydrogen) atoms. The van der Waals surface area contributed by atoms with Crippen LogP contribution in [-0.4, -0.2) is 25.5 Å². The summed E-state index contributed by atoms with van der Waals surface area (Å²) in [6.45, 7) is 1.60. The molecule has 0 saturated heterocycles. The van der Waals surface area contributed by atoms with E-state index in [2.05, 4.69) is 26.1 Å². The van der Waals surface area contributed by atoms with E-state index in [-0.39, 0.29) is 6.04 Å². The van der Waals surface area contributed by atoms with E-state index >= 15 is 0 Å². The lowest BCUT2D eigenvalue weighted by molar-refractivity contribution is 0.250. The Balaban J connectivity index is 1.94. The Kier molecular flexibility index (Phi) is 5.66. The van der Waals surface area contributed by atoms with Crippen LogP contribution in [0.2, 0.25) is 5.02 Å². The molecule has 0 aliphatic heterocycles. The van der Waals surface area contributed by atoms with Crippen molar-refractivity contribution < 1.29 is 4.42 Å². The summed E-state index contributed by atoms with van der Waals surface area (Å²) in [7, 11) is 4.10. The topological polar surface area (TPSA) is 28.4 Å². The fraction of sp³-hybridized carbons (Fsp3) is 0.333. The van der Waals surface area contributed by atoms with Gasteiger partial charge in [0.15, 0.2) is 0 Å². The van der Waals surface area contributed by atoms with Crippen molar-refractivity contribution in [3.63, 3.8) is 0 Å². The van der Waals surface area contributed by atoms with Gasteiger partial charge in [-0.05, 0) is 43.9 Å². The third-order valence-electron chi connectivity index (χ3n) is 3.16. The molecule has 1 aromatic heterocycles. The molecule has 108 valence electrons. The molecule has 1 atom stereocenters. The van der Waals surface area contributed by atoms with Crippen LogP contribution < -0.4 is 5.32 Å². The van der Waals surface area contributed by atoms with E-state index in [1.807, 2.05) is 44.4 Å². The van der Waals surface area contributed by atoms with E-state index in [0.29, 0.717) is 0 Å². The van der Waals surface area contributed by atoms with E-state index in [0.717, 1.165) is 28.3 Å². The number of hydrogen-bond donors (Lipinski definition) is 1. The van der Waals surface area contributed by atoms with Crippen LogP contribution in [-0.2, 0) is 6.54 Å². The van der Waals surface area contributed by atoms with Crippen LogP contribution in [0.3, 0.4) is 0 Å². The SMILES string of the molecule is CN(C)C(CNCc1ccc(Cl)cc1Br)c1ccco1. The van der Waals surface area contributed by atoms with Crippen LogP contribution in [0.25, 0.3) is 0 Å². The van der Waals surface area contributed by atoms with E-state index in [1.165, 1.54) is 5.56 Å². The van der Waals surface area contributed by atoms with Gasteiger partial charge in [0.1, 0.15) is 5.76 Å². The minimum absolute atomic E-state index is 0.219. The summed E-state index contributed by atoms with van der Waals surface area (Å²) in [4.78, 5) is 2.14. The highest BCUT2D eigenvalue weighted by atomic mass is 79.9. The molecule has 0 fully saturated rings. The number of likely N-dealkylation sites (N-methyl/N-ethyl adjacent to an activating group) is 1. The highest BCUT2D eigenvalue weighted by molar-refractivity contribution is 9.10. The van der Waals surface area contributed by atoms with Gasteiger partial charge in [-0.3, -0.25) is 4.90 Å². The number of rotatable bonds is 6. The molecule has 1 heterocycles. The molecule has 3 nitrogen and oxygen atoms in total. The number of halogens is 2. The van der Waals surface area contributed by atoms with Gasteiger partial charge in [-0.2, -0.15) is 0 Å². The maximum atomic E-state index is 5.94. The molecule has 1 N–H and O–H groups in total. The largest absolute Gasteiger partial charge is 0.468 e. The van der Waals surface area contributed by atoms with E-state index in [4.69, 9.17) is 16.0 Å². The summed E-state index contributed by atoms with van der Waals surface area (Å²) >= 11 is 9.47.